The number of nitrogens with zero attached hydrogens (tertiary/aromatic N) is 1. The van der Waals surface area contributed by atoms with Crippen molar-refractivity contribution in [1.29, 1.82) is 0 Å². The summed E-state index contributed by atoms with van der Waals surface area (Å²) in [7, 11) is 0. The van der Waals surface area contributed by atoms with Gasteiger partial charge in [0.25, 0.3) is 0 Å². The van der Waals surface area contributed by atoms with Gasteiger partial charge in [0, 0.05) is 0 Å². The highest BCUT2D eigenvalue weighted by Crippen LogP contribution is 2.30. The van der Waals surface area contributed by atoms with Crippen LogP contribution in [0.15, 0.2) is 12.1 Å². The van der Waals surface area contributed by atoms with Gasteiger partial charge in [-0.2, -0.15) is 26.3 Å². The quantitative estimate of drug-likeness (QED) is 0.869. The number of carboxylic acid groups (broad SMARTS) is 1. The third-order valence-electron chi connectivity index (χ3n) is 1.75. The zero-order valence-corrected chi connectivity index (χ0v) is 8.84. The first-order valence-electron chi connectivity index (χ1n) is 4.52. The van der Waals surface area contributed by atoms with Gasteiger partial charge in [-0.05, 0) is 12.1 Å². The molecule has 1 aromatic heterocycles. The van der Waals surface area contributed by atoms with Crippen LogP contribution < -0.4 is 4.74 Å². The van der Waals surface area contributed by atoms with Crippen molar-refractivity contribution in [2.24, 2.45) is 0 Å². The molecule has 0 fully saturated rings. The highest BCUT2D eigenvalue weighted by molar-refractivity contribution is 5.90. The Morgan fingerprint density at radius 1 is 1.21 bits per heavy atom. The topological polar surface area (TPSA) is 59.4 Å². The predicted molar refractivity (Wildman–Crippen MR) is 47.7 cm³/mol. The van der Waals surface area contributed by atoms with Crippen LogP contribution in [0.3, 0.4) is 0 Å². The summed E-state index contributed by atoms with van der Waals surface area (Å²) in [5, 5.41) is 8.61. The Hall–Kier alpha value is -2.00. The van der Waals surface area contributed by atoms with Gasteiger partial charge >= 0.3 is 18.3 Å². The number of aromatic carboxylic acids is 1. The second-order valence-corrected chi connectivity index (χ2v) is 3.26. The molecule has 1 N–H and O–H groups in total. The Morgan fingerprint density at radius 2 is 1.79 bits per heavy atom. The molecule has 106 valence electrons. The number of carbonyl (C=O) groups is 1. The summed E-state index contributed by atoms with van der Waals surface area (Å²) in [6, 6.07) is 0.813. The van der Waals surface area contributed by atoms with Crippen LogP contribution in [-0.4, -0.2) is 28.8 Å². The monoisotopic (exact) mass is 289 g/mol. The minimum Gasteiger partial charge on any atom is -0.477 e. The molecule has 0 spiro atoms. The molecule has 0 saturated carbocycles. The van der Waals surface area contributed by atoms with Gasteiger partial charge in [0.2, 0.25) is 5.88 Å². The van der Waals surface area contributed by atoms with Crippen molar-refractivity contribution in [1.82, 2.24) is 4.98 Å². The van der Waals surface area contributed by atoms with Crippen molar-refractivity contribution in [3.05, 3.63) is 23.4 Å². The third kappa shape index (κ3) is 4.30. The second-order valence-electron chi connectivity index (χ2n) is 3.26. The number of ether oxygens (including phenoxy) is 1. The van der Waals surface area contributed by atoms with E-state index in [0.717, 1.165) is 0 Å². The van der Waals surface area contributed by atoms with Gasteiger partial charge in [-0.3, -0.25) is 0 Å². The Bertz CT molecular complexity index is 482. The van der Waals surface area contributed by atoms with E-state index in [1.54, 1.807) is 0 Å². The van der Waals surface area contributed by atoms with E-state index in [9.17, 15) is 31.1 Å². The molecule has 0 radical (unpaired) electrons. The first kappa shape index (κ1) is 15.1. The number of aromatic nitrogens is 1. The zero-order valence-electron chi connectivity index (χ0n) is 8.84. The van der Waals surface area contributed by atoms with Gasteiger partial charge in [-0.1, -0.05) is 0 Å². The van der Waals surface area contributed by atoms with Gasteiger partial charge in [0.1, 0.15) is 11.3 Å². The van der Waals surface area contributed by atoms with E-state index in [1.807, 2.05) is 0 Å². The maximum atomic E-state index is 12.3. The molecule has 0 amide bonds. The minimum absolute atomic E-state index is 0.337. The van der Waals surface area contributed by atoms with Crippen molar-refractivity contribution < 1.29 is 41.0 Å². The van der Waals surface area contributed by atoms with Crippen molar-refractivity contribution in [2.75, 3.05) is 6.61 Å². The molecule has 1 aromatic rings. The standard InChI is InChI=1S/C9H5F6NO3/c10-8(11,12)3-19-6-4(7(17)18)1-2-5(16-6)9(13,14)15/h1-2H,3H2,(H,17,18). The van der Waals surface area contributed by atoms with E-state index in [1.165, 1.54) is 0 Å². The number of hydrogen-bond acceptors (Lipinski definition) is 3. The normalized spacial score (nSPS) is 12.3. The highest BCUT2D eigenvalue weighted by Gasteiger charge is 2.35. The summed E-state index contributed by atoms with van der Waals surface area (Å²) in [6.07, 6.45) is -9.75. The maximum absolute atomic E-state index is 12.3. The Balaban J connectivity index is 3.13. The summed E-state index contributed by atoms with van der Waals surface area (Å²) in [4.78, 5) is 13.4. The number of rotatable bonds is 3. The van der Waals surface area contributed by atoms with Crippen LogP contribution in [-0.2, 0) is 6.18 Å². The first-order chi connectivity index (χ1) is 8.50. The van der Waals surface area contributed by atoms with E-state index >= 15 is 0 Å². The van der Waals surface area contributed by atoms with Crippen LogP contribution in [0.4, 0.5) is 26.3 Å². The van der Waals surface area contributed by atoms with Crippen LogP contribution >= 0.6 is 0 Å². The molecule has 0 saturated heterocycles. The number of pyridine rings is 1. The molecule has 0 atom stereocenters. The van der Waals surface area contributed by atoms with Gasteiger partial charge in [-0.25, -0.2) is 9.78 Å². The van der Waals surface area contributed by atoms with Gasteiger partial charge in [0.05, 0.1) is 0 Å². The van der Waals surface area contributed by atoms with Crippen LogP contribution in [0.2, 0.25) is 0 Å². The molecule has 0 unspecified atom stereocenters. The smallest absolute Gasteiger partial charge is 0.433 e. The van der Waals surface area contributed by atoms with Crippen molar-refractivity contribution in [3.8, 4) is 5.88 Å². The van der Waals surface area contributed by atoms with Crippen LogP contribution in [0.5, 0.6) is 5.88 Å². The van der Waals surface area contributed by atoms with Gasteiger partial charge in [0.15, 0.2) is 6.61 Å². The van der Waals surface area contributed by atoms with Crippen molar-refractivity contribution in [2.45, 2.75) is 12.4 Å². The molecule has 4 nitrogen and oxygen atoms in total. The lowest BCUT2D eigenvalue weighted by Crippen LogP contribution is -2.21. The van der Waals surface area contributed by atoms with Crippen LogP contribution in [0.1, 0.15) is 16.1 Å². The molecule has 1 heterocycles. The van der Waals surface area contributed by atoms with Crippen molar-refractivity contribution >= 4 is 5.97 Å². The average molecular weight is 289 g/mol. The largest absolute Gasteiger partial charge is 0.477 e. The number of halogens is 6. The lowest BCUT2D eigenvalue weighted by Gasteiger charge is -2.12. The molecular weight excluding hydrogens is 284 g/mol. The molecule has 0 aliphatic carbocycles. The molecule has 19 heavy (non-hydrogen) atoms. The second kappa shape index (κ2) is 4.94. The van der Waals surface area contributed by atoms with E-state index in [2.05, 4.69) is 9.72 Å². The molecule has 0 aliphatic heterocycles. The SMILES string of the molecule is O=C(O)c1ccc(C(F)(F)F)nc1OCC(F)(F)F. The number of carboxylic acids is 1. The third-order valence-corrected chi connectivity index (χ3v) is 1.75. The summed E-state index contributed by atoms with van der Waals surface area (Å²) < 4.78 is 76.5. The van der Waals surface area contributed by atoms with E-state index in [-0.39, 0.29) is 0 Å². The Kier molecular flexibility index (Phi) is 3.91. The number of hydrogen-bond donors (Lipinski definition) is 1. The first-order valence-corrected chi connectivity index (χ1v) is 4.52. The molecule has 0 aromatic carbocycles. The zero-order chi connectivity index (χ0) is 14.8. The van der Waals surface area contributed by atoms with Crippen molar-refractivity contribution in [3.63, 3.8) is 0 Å². The highest BCUT2D eigenvalue weighted by atomic mass is 19.4. The fourth-order valence-electron chi connectivity index (χ4n) is 1.02. The fourth-order valence-corrected chi connectivity index (χ4v) is 1.02. The molecule has 10 heteroatoms. The molecule has 1 rings (SSSR count). The average Bonchev–Trinajstić information content (AvgIpc) is 2.23. The molecule has 0 aliphatic rings. The van der Waals surface area contributed by atoms with E-state index < -0.39 is 42.1 Å². The van der Waals surface area contributed by atoms with E-state index in [0.29, 0.717) is 12.1 Å². The maximum Gasteiger partial charge on any atom is 0.433 e. The molecular formula is C9H5F6NO3. The lowest BCUT2D eigenvalue weighted by atomic mass is 10.2. The lowest BCUT2D eigenvalue weighted by molar-refractivity contribution is -0.155. The van der Waals surface area contributed by atoms with Crippen LogP contribution in [0.25, 0.3) is 0 Å². The van der Waals surface area contributed by atoms with Gasteiger partial charge in [-0.15, -0.1) is 0 Å². The predicted octanol–water partition coefficient (Wildman–Crippen LogP) is 2.74. The Labute approximate surface area is 101 Å². The van der Waals surface area contributed by atoms with E-state index in [4.69, 9.17) is 5.11 Å². The summed E-state index contributed by atoms with van der Waals surface area (Å²) in [6.45, 7) is -1.94. The number of alkyl halides is 6. The minimum atomic E-state index is -4.92. The Morgan fingerprint density at radius 3 is 2.21 bits per heavy atom. The van der Waals surface area contributed by atoms with Crippen LogP contribution in [0, 0.1) is 0 Å². The summed E-state index contributed by atoms with van der Waals surface area (Å²) in [5.41, 5.74) is -2.44. The van der Waals surface area contributed by atoms with Gasteiger partial charge < -0.3 is 9.84 Å². The fraction of sp³-hybridized carbons (Fsp3) is 0.333. The summed E-state index contributed by atoms with van der Waals surface area (Å²) >= 11 is 0. The summed E-state index contributed by atoms with van der Waals surface area (Å²) in [5.74, 6) is -2.99. The molecule has 0 bridgehead atoms.